The Balaban J connectivity index is 1.61. The summed E-state index contributed by atoms with van der Waals surface area (Å²) in [4.78, 5) is 12.2. The molecule has 4 nitrogen and oxygen atoms in total. The molecule has 4 heteroatoms. The van der Waals surface area contributed by atoms with Gasteiger partial charge in [-0.15, -0.1) is 0 Å². The van der Waals surface area contributed by atoms with E-state index in [2.05, 4.69) is 22.8 Å². The number of para-hydroxylation sites is 2. The fraction of sp³-hybridized carbons (Fsp3) is 0.400. The quantitative estimate of drug-likeness (QED) is 0.799. The number of amides is 1. The molecule has 1 aromatic rings. The van der Waals surface area contributed by atoms with Crippen molar-refractivity contribution in [1.82, 2.24) is 5.32 Å². The number of fused-ring (bicyclic) bond motifs is 1. The number of carbonyl (C=O) groups is 1. The van der Waals surface area contributed by atoms with E-state index in [0.29, 0.717) is 6.54 Å². The van der Waals surface area contributed by atoms with Crippen molar-refractivity contribution in [3.63, 3.8) is 0 Å². The SMILES string of the molecule is O=C(NC1CC=CCC1)C1CNc2ccccc2O1. The Morgan fingerprint density at radius 1 is 1.32 bits per heavy atom. The summed E-state index contributed by atoms with van der Waals surface area (Å²) < 4.78 is 5.74. The maximum atomic E-state index is 12.2. The van der Waals surface area contributed by atoms with Gasteiger partial charge < -0.3 is 15.4 Å². The number of carbonyl (C=O) groups excluding carboxylic acids is 1. The Hall–Kier alpha value is -1.97. The maximum Gasteiger partial charge on any atom is 0.263 e. The highest BCUT2D eigenvalue weighted by atomic mass is 16.5. The van der Waals surface area contributed by atoms with Gasteiger partial charge in [0, 0.05) is 6.04 Å². The Labute approximate surface area is 112 Å². The van der Waals surface area contributed by atoms with Crippen LogP contribution in [0.2, 0.25) is 0 Å². The zero-order chi connectivity index (χ0) is 13.1. The predicted molar refractivity (Wildman–Crippen MR) is 74.3 cm³/mol. The minimum absolute atomic E-state index is 0.0256. The topological polar surface area (TPSA) is 50.4 Å². The van der Waals surface area contributed by atoms with Gasteiger partial charge in [0.2, 0.25) is 0 Å². The van der Waals surface area contributed by atoms with E-state index in [9.17, 15) is 4.79 Å². The van der Waals surface area contributed by atoms with Crippen molar-refractivity contribution < 1.29 is 9.53 Å². The average Bonchev–Trinajstić information content (AvgIpc) is 2.48. The zero-order valence-electron chi connectivity index (χ0n) is 10.8. The van der Waals surface area contributed by atoms with Gasteiger partial charge in [0.25, 0.3) is 5.91 Å². The highest BCUT2D eigenvalue weighted by Crippen LogP contribution is 2.28. The Kier molecular flexibility index (Phi) is 3.40. The van der Waals surface area contributed by atoms with E-state index >= 15 is 0 Å². The normalized spacial score (nSPS) is 24.8. The molecule has 19 heavy (non-hydrogen) atoms. The second-order valence-corrected chi connectivity index (χ2v) is 4.97. The fourth-order valence-corrected chi connectivity index (χ4v) is 2.48. The van der Waals surface area contributed by atoms with Crippen LogP contribution in [0.25, 0.3) is 0 Å². The van der Waals surface area contributed by atoms with Crippen molar-refractivity contribution in [1.29, 1.82) is 0 Å². The number of ether oxygens (including phenoxy) is 1. The van der Waals surface area contributed by atoms with Gasteiger partial charge in [-0.2, -0.15) is 0 Å². The highest BCUT2D eigenvalue weighted by Gasteiger charge is 2.27. The lowest BCUT2D eigenvalue weighted by atomic mass is 10.0. The van der Waals surface area contributed by atoms with E-state index < -0.39 is 6.10 Å². The van der Waals surface area contributed by atoms with Gasteiger partial charge in [0.1, 0.15) is 5.75 Å². The molecule has 0 saturated heterocycles. The third-order valence-corrected chi connectivity index (χ3v) is 3.54. The molecule has 0 bridgehead atoms. The Morgan fingerprint density at radius 3 is 3.05 bits per heavy atom. The predicted octanol–water partition coefficient (Wildman–Crippen LogP) is 2.08. The molecule has 0 aromatic heterocycles. The summed E-state index contributed by atoms with van der Waals surface area (Å²) in [6, 6.07) is 7.94. The molecule has 2 N–H and O–H groups in total. The highest BCUT2D eigenvalue weighted by molar-refractivity contribution is 5.83. The van der Waals surface area contributed by atoms with E-state index in [1.807, 2.05) is 24.3 Å². The minimum atomic E-state index is -0.444. The smallest absolute Gasteiger partial charge is 0.263 e. The molecule has 1 heterocycles. The third kappa shape index (κ3) is 2.72. The second kappa shape index (κ2) is 5.34. The number of hydrogen-bond donors (Lipinski definition) is 2. The lowest BCUT2D eigenvalue weighted by Gasteiger charge is -2.28. The van der Waals surface area contributed by atoms with Crippen LogP contribution in [-0.2, 0) is 4.79 Å². The second-order valence-electron chi connectivity index (χ2n) is 4.97. The summed E-state index contributed by atoms with van der Waals surface area (Å²) in [6.45, 7) is 0.519. The molecule has 100 valence electrons. The summed E-state index contributed by atoms with van der Waals surface area (Å²) in [7, 11) is 0. The molecule has 0 radical (unpaired) electrons. The van der Waals surface area contributed by atoms with Gasteiger partial charge in [-0.3, -0.25) is 4.79 Å². The van der Waals surface area contributed by atoms with Crippen LogP contribution in [-0.4, -0.2) is 24.6 Å². The van der Waals surface area contributed by atoms with Gasteiger partial charge in [-0.05, 0) is 31.4 Å². The van der Waals surface area contributed by atoms with Crippen LogP contribution in [0.4, 0.5) is 5.69 Å². The van der Waals surface area contributed by atoms with E-state index in [1.54, 1.807) is 0 Å². The molecule has 0 saturated carbocycles. The molecule has 1 aliphatic carbocycles. The van der Waals surface area contributed by atoms with Crippen LogP contribution < -0.4 is 15.4 Å². The first kappa shape index (κ1) is 12.1. The van der Waals surface area contributed by atoms with Gasteiger partial charge in [0.15, 0.2) is 6.10 Å². The zero-order valence-corrected chi connectivity index (χ0v) is 10.8. The number of rotatable bonds is 2. The van der Waals surface area contributed by atoms with Crippen molar-refractivity contribution in [2.75, 3.05) is 11.9 Å². The summed E-state index contributed by atoms with van der Waals surface area (Å²) in [5, 5.41) is 6.30. The van der Waals surface area contributed by atoms with Crippen molar-refractivity contribution in [2.45, 2.75) is 31.4 Å². The lowest BCUT2D eigenvalue weighted by molar-refractivity contribution is -0.128. The van der Waals surface area contributed by atoms with Crippen LogP contribution in [0, 0.1) is 0 Å². The van der Waals surface area contributed by atoms with Crippen LogP contribution in [0.3, 0.4) is 0 Å². The van der Waals surface area contributed by atoms with E-state index in [0.717, 1.165) is 30.7 Å². The number of anilines is 1. The van der Waals surface area contributed by atoms with Crippen LogP contribution >= 0.6 is 0 Å². The number of nitrogens with one attached hydrogen (secondary N) is 2. The molecule has 2 unspecified atom stereocenters. The first-order chi connectivity index (χ1) is 9.33. The number of benzene rings is 1. The molecule has 0 fully saturated rings. The first-order valence-corrected chi connectivity index (χ1v) is 6.78. The molecule has 2 atom stereocenters. The van der Waals surface area contributed by atoms with E-state index in [4.69, 9.17) is 4.74 Å². The van der Waals surface area contributed by atoms with Gasteiger partial charge in [-0.1, -0.05) is 24.3 Å². The Bertz CT molecular complexity index is 499. The maximum absolute atomic E-state index is 12.2. The van der Waals surface area contributed by atoms with Crippen molar-refractivity contribution in [3.05, 3.63) is 36.4 Å². The fourth-order valence-electron chi connectivity index (χ4n) is 2.48. The summed E-state index contributed by atoms with van der Waals surface area (Å²) >= 11 is 0. The molecular weight excluding hydrogens is 240 g/mol. The monoisotopic (exact) mass is 258 g/mol. The largest absolute Gasteiger partial charge is 0.477 e. The molecule has 1 aromatic carbocycles. The van der Waals surface area contributed by atoms with Gasteiger partial charge >= 0.3 is 0 Å². The number of hydrogen-bond acceptors (Lipinski definition) is 3. The van der Waals surface area contributed by atoms with Crippen LogP contribution in [0.15, 0.2) is 36.4 Å². The van der Waals surface area contributed by atoms with Crippen LogP contribution in [0.1, 0.15) is 19.3 Å². The third-order valence-electron chi connectivity index (χ3n) is 3.54. The molecule has 0 spiro atoms. The summed E-state index contributed by atoms with van der Waals surface area (Å²) in [5.74, 6) is 0.722. The van der Waals surface area contributed by atoms with Crippen LogP contribution in [0.5, 0.6) is 5.75 Å². The van der Waals surface area contributed by atoms with E-state index in [1.165, 1.54) is 0 Å². The van der Waals surface area contributed by atoms with E-state index in [-0.39, 0.29) is 11.9 Å². The lowest BCUT2D eigenvalue weighted by Crippen LogP contribution is -2.48. The molecule has 3 rings (SSSR count). The molecule has 1 aliphatic heterocycles. The van der Waals surface area contributed by atoms with Gasteiger partial charge in [-0.25, -0.2) is 0 Å². The molecular formula is C15H18N2O2. The van der Waals surface area contributed by atoms with Crippen molar-refractivity contribution in [2.24, 2.45) is 0 Å². The minimum Gasteiger partial charge on any atom is -0.477 e. The average molecular weight is 258 g/mol. The number of allylic oxidation sites excluding steroid dienone is 1. The van der Waals surface area contributed by atoms with Crippen molar-refractivity contribution >= 4 is 11.6 Å². The van der Waals surface area contributed by atoms with Gasteiger partial charge in [0.05, 0.1) is 12.2 Å². The molecule has 1 amide bonds. The summed E-state index contributed by atoms with van der Waals surface area (Å²) in [5.41, 5.74) is 0.951. The molecule has 2 aliphatic rings. The van der Waals surface area contributed by atoms with Crippen molar-refractivity contribution in [3.8, 4) is 5.75 Å². The Morgan fingerprint density at radius 2 is 2.21 bits per heavy atom. The summed E-state index contributed by atoms with van der Waals surface area (Å²) in [6.07, 6.45) is 6.82. The first-order valence-electron chi connectivity index (χ1n) is 6.78. The standard InChI is InChI=1S/C15H18N2O2/c18-15(17-11-6-2-1-3-7-11)14-10-16-12-8-4-5-9-13(12)19-14/h1-2,4-5,8-9,11,14,16H,3,6-7,10H2,(H,17,18).